The Hall–Kier alpha value is -1.31. The summed E-state index contributed by atoms with van der Waals surface area (Å²) in [4.78, 5) is 11.4. The molecule has 0 unspecified atom stereocenters. The highest BCUT2D eigenvalue weighted by Gasteiger charge is 2.29. The van der Waals surface area contributed by atoms with Gasteiger partial charge in [0.2, 0.25) is 0 Å². The molecule has 1 aliphatic rings. The first-order valence-corrected chi connectivity index (χ1v) is 5.40. The van der Waals surface area contributed by atoms with Gasteiger partial charge in [0.25, 0.3) is 0 Å². The average Bonchev–Trinajstić information content (AvgIpc) is 3.11. The normalized spacial score (nSPS) is 17.2. The highest BCUT2D eigenvalue weighted by atomic mass is 16.5. The molecular weight excluding hydrogens is 188 g/mol. The summed E-state index contributed by atoms with van der Waals surface area (Å²) < 4.78 is 4.71. The van der Waals surface area contributed by atoms with E-state index in [9.17, 15) is 4.79 Å². The van der Waals surface area contributed by atoms with Crippen LogP contribution in [0.15, 0.2) is 24.3 Å². The quantitative estimate of drug-likeness (QED) is 0.707. The number of hydrogen-bond donors (Lipinski definition) is 0. The van der Waals surface area contributed by atoms with Crippen molar-refractivity contribution in [1.29, 1.82) is 0 Å². The number of carbonyl (C=O) groups excluding carboxylic acids is 1. The van der Waals surface area contributed by atoms with Gasteiger partial charge in [0.05, 0.1) is 12.7 Å². The van der Waals surface area contributed by atoms with Crippen molar-refractivity contribution >= 4 is 5.97 Å². The number of benzene rings is 1. The summed E-state index contributed by atoms with van der Waals surface area (Å²) >= 11 is 0. The lowest BCUT2D eigenvalue weighted by Gasteiger charge is -2.11. The average molecular weight is 204 g/mol. The Bertz CT molecular complexity index is 367. The predicted octanol–water partition coefficient (Wildman–Crippen LogP) is 2.99. The third kappa shape index (κ3) is 2.20. The maximum Gasteiger partial charge on any atom is 0.337 e. The smallest absolute Gasteiger partial charge is 0.337 e. The van der Waals surface area contributed by atoms with Gasteiger partial charge in [-0.3, -0.25) is 0 Å². The van der Waals surface area contributed by atoms with E-state index in [1.807, 2.05) is 12.1 Å². The standard InChI is InChI=1S/C13H16O2/c1-9(10-6-7-10)11-4-3-5-12(8-11)13(14)15-2/h3-5,8-10H,6-7H2,1-2H3/t9-/m0/s1. The van der Waals surface area contributed by atoms with E-state index in [1.54, 1.807) is 6.07 Å². The molecule has 0 aromatic heterocycles. The number of carbonyl (C=O) groups is 1. The van der Waals surface area contributed by atoms with Crippen molar-refractivity contribution in [3.8, 4) is 0 Å². The molecular formula is C13H16O2. The molecule has 15 heavy (non-hydrogen) atoms. The van der Waals surface area contributed by atoms with Crippen LogP contribution in [0.25, 0.3) is 0 Å². The molecule has 0 radical (unpaired) electrons. The Balaban J connectivity index is 2.21. The maximum atomic E-state index is 11.4. The zero-order valence-corrected chi connectivity index (χ0v) is 9.19. The fourth-order valence-corrected chi connectivity index (χ4v) is 1.94. The second-order valence-corrected chi connectivity index (χ2v) is 4.24. The molecule has 1 aromatic carbocycles. The maximum absolute atomic E-state index is 11.4. The Morgan fingerprint density at radius 2 is 2.20 bits per heavy atom. The van der Waals surface area contributed by atoms with Gasteiger partial charge in [-0.05, 0) is 42.4 Å². The molecule has 0 spiro atoms. The second kappa shape index (κ2) is 4.05. The van der Waals surface area contributed by atoms with Gasteiger partial charge in [-0.25, -0.2) is 4.79 Å². The molecule has 1 fully saturated rings. The largest absolute Gasteiger partial charge is 0.465 e. The van der Waals surface area contributed by atoms with Crippen LogP contribution in [-0.4, -0.2) is 13.1 Å². The molecule has 1 saturated carbocycles. The third-order valence-corrected chi connectivity index (χ3v) is 3.16. The topological polar surface area (TPSA) is 26.3 Å². The van der Waals surface area contributed by atoms with E-state index in [2.05, 4.69) is 13.0 Å². The first kappa shape index (κ1) is 10.2. The number of esters is 1. The molecule has 0 amide bonds. The molecule has 0 aliphatic heterocycles. The summed E-state index contributed by atoms with van der Waals surface area (Å²) in [5, 5.41) is 0. The molecule has 1 atom stereocenters. The lowest BCUT2D eigenvalue weighted by atomic mass is 9.95. The van der Waals surface area contributed by atoms with Crippen LogP contribution < -0.4 is 0 Å². The molecule has 1 aromatic rings. The fraction of sp³-hybridized carbons (Fsp3) is 0.462. The lowest BCUT2D eigenvalue weighted by Crippen LogP contribution is -2.03. The van der Waals surface area contributed by atoms with Crippen molar-refractivity contribution in [3.05, 3.63) is 35.4 Å². The van der Waals surface area contributed by atoms with Crippen molar-refractivity contribution in [2.45, 2.75) is 25.7 Å². The molecule has 0 N–H and O–H groups in total. The summed E-state index contributed by atoms with van der Waals surface area (Å²) in [6.45, 7) is 2.23. The van der Waals surface area contributed by atoms with Gasteiger partial charge in [0.15, 0.2) is 0 Å². The first-order valence-electron chi connectivity index (χ1n) is 5.40. The number of ether oxygens (including phenoxy) is 1. The molecule has 1 aliphatic carbocycles. The van der Waals surface area contributed by atoms with Gasteiger partial charge >= 0.3 is 5.97 Å². The van der Waals surface area contributed by atoms with Gasteiger partial charge < -0.3 is 4.74 Å². The van der Waals surface area contributed by atoms with Crippen LogP contribution in [0, 0.1) is 5.92 Å². The van der Waals surface area contributed by atoms with E-state index >= 15 is 0 Å². The highest BCUT2D eigenvalue weighted by Crippen LogP contribution is 2.42. The van der Waals surface area contributed by atoms with Gasteiger partial charge in [0.1, 0.15) is 0 Å². The van der Waals surface area contributed by atoms with E-state index in [0.29, 0.717) is 11.5 Å². The predicted molar refractivity (Wildman–Crippen MR) is 58.9 cm³/mol. The van der Waals surface area contributed by atoms with Crippen molar-refractivity contribution in [2.24, 2.45) is 5.92 Å². The van der Waals surface area contributed by atoms with Crippen molar-refractivity contribution < 1.29 is 9.53 Å². The molecule has 2 rings (SSSR count). The van der Waals surface area contributed by atoms with E-state index in [4.69, 9.17) is 4.74 Å². The Morgan fingerprint density at radius 1 is 1.47 bits per heavy atom. The van der Waals surface area contributed by atoms with Crippen molar-refractivity contribution in [1.82, 2.24) is 0 Å². The third-order valence-electron chi connectivity index (χ3n) is 3.16. The zero-order chi connectivity index (χ0) is 10.8. The molecule has 2 heteroatoms. The second-order valence-electron chi connectivity index (χ2n) is 4.24. The molecule has 0 bridgehead atoms. The monoisotopic (exact) mass is 204 g/mol. The molecule has 0 saturated heterocycles. The molecule has 80 valence electrons. The summed E-state index contributed by atoms with van der Waals surface area (Å²) in [5.41, 5.74) is 1.91. The lowest BCUT2D eigenvalue weighted by molar-refractivity contribution is 0.0600. The van der Waals surface area contributed by atoms with Crippen molar-refractivity contribution in [3.63, 3.8) is 0 Å². The van der Waals surface area contributed by atoms with E-state index in [-0.39, 0.29) is 5.97 Å². The fourth-order valence-electron chi connectivity index (χ4n) is 1.94. The minimum atomic E-state index is -0.250. The Labute approximate surface area is 90.3 Å². The minimum Gasteiger partial charge on any atom is -0.465 e. The van der Waals surface area contributed by atoms with Crippen LogP contribution in [0.3, 0.4) is 0 Å². The molecule has 2 nitrogen and oxygen atoms in total. The summed E-state index contributed by atoms with van der Waals surface area (Å²) in [7, 11) is 1.42. The van der Waals surface area contributed by atoms with Crippen LogP contribution in [0.4, 0.5) is 0 Å². The summed E-state index contributed by atoms with van der Waals surface area (Å²) in [6.07, 6.45) is 2.65. The van der Waals surface area contributed by atoms with E-state index in [0.717, 1.165) is 5.92 Å². The zero-order valence-electron chi connectivity index (χ0n) is 9.19. The van der Waals surface area contributed by atoms with Crippen LogP contribution in [0.1, 0.15) is 41.6 Å². The van der Waals surface area contributed by atoms with Crippen LogP contribution in [-0.2, 0) is 4.74 Å². The SMILES string of the molecule is COC(=O)c1cccc([C@@H](C)C2CC2)c1. The summed E-state index contributed by atoms with van der Waals surface area (Å²) in [6, 6.07) is 7.78. The van der Waals surface area contributed by atoms with E-state index in [1.165, 1.54) is 25.5 Å². The van der Waals surface area contributed by atoms with Crippen LogP contribution in [0.5, 0.6) is 0 Å². The van der Waals surface area contributed by atoms with Crippen molar-refractivity contribution in [2.75, 3.05) is 7.11 Å². The summed E-state index contributed by atoms with van der Waals surface area (Å²) in [5.74, 6) is 1.13. The van der Waals surface area contributed by atoms with Gasteiger partial charge in [0, 0.05) is 0 Å². The Morgan fingerprint density at radius 3 is 2.80 bits per heavy atom. The van der Waals surface area contributed by atoms with Gasteiger partial charge in [-0.1, -0.05) is 19.1 Å². The Kier molecular flexibility index (Phi) is 2.76. The van der Waals surface area contributed by atoms with Gasteiger partial charge in [-0.2, -0.15) is 0 Å². The highest BCUT2D eigenvalue weighted by molar-refractivity contribution is 5.89. The minimum absolute atomic E-state index is 0.250. The van der Waals surface area contributed by atoms with Crippen LogP contribution >= 0.6 is 0 Å². The first-order chi connectivity index (χ1) is 7.22. The van der Waals surface area contributed by atoms with E-state index < -0.39 is 0 Å². The number of methoxy groups -OCH3 is 1. The number of hydrogen-bond acceptors (Lipinski definition) is 2. The van der Waals surface area contributed by atoms with Crippen LogP contribution in [0.2, 0.25) is 0 Å². The number of rotatable bonds is 3. The van der Waals surface area contributed by atoms with Gasteiger partial charge in [-0.15, -0.1) is 0 Å². The molecule has 0 heterocycles.